The highest BCUT2D eigenvalue weighted by molar-refractivity contribution is 5.96. The summed E-state index contributed by atoms with van der Waals surface area (Å²) < 4.78 is 0. The average molecular weight is 215 g/mol. The molecule has 0 fully saturated rings. The van der Waals surface area contributed by atoms with Gasteiger partial charge in [-0.05, 0) is 43.0 Å². The van der Waals surface area contributed by atoms with Crippen LogP contribution in [0.3, 0.4) is 0 Å². The Morgan fingerprint density at radius 1 is 1.50 bits per heavy atom. The molecule has 1 heterocycles. The van der Waals surface area contributed by atoms with E-state index in [1.165, 1.54) is 11.3 Å². The molecule has 1 aliphatic heterocycles. The fraction of sp³-hybridized carbons (Fsp3) is 0.357. The van der Waals surface area contributed by atoms with Crippen LogP contribution < -0.4 is 5.32 Å². The van der Waals surface area contributed by atoms with Gasteiger partial charge in [-0.15, -0.1) is 6.58 Å². The van der Waals surface area contributed by atoms with E-state index in [-0.39, 0.29) is 5.78 Å². The van der Waals surface area contributed by atoms with Crippen molar-refractivity contribution in [3.63, 3.8) is 0 Å². The van der Waals surface area contributed by atoms with E-state index in [9.17, 15) is 4.79 Å². The van der Waals surface area contributed by atoms with Gasteiger partial charge in [-0.2, -0.15) is 0 Å². The second-order valence-corrected chi connectivity index (χ2v) is 4.15. The highest BCUT2D eigenvalue weighted by atomic mass is 16.1. The number of nitrogens with one attached hydrogen (secondary N) is 1. The average Bonchev–Trinajstić information content (AvgIpc) is 2.76. The highest BCUT2D eigenvalue weighted by Gasteiger charge is 2.12. The number of Topliss-reactive ketones (excluding diaryl/α,β-unsaturated/α-hetero) is 1. The lowest BCUT2D eigenvalue weighted by atomic mass is 10.0. The van der Waals surface area contributed by atoms with Gasteiger partial charge in [0.25, 0.3) is 0 Å². The second-order valence-electron chi connectivity index (χ2n) is 4.15. The van der Waals surface area contributed by atoms with Crippen LogP contribution in [0.2, 0.25) is 0 Å². The first kappa shape index (κ1) is 10.9. The summed E-state index contributed by atoms with van der Waals surface area (Å²) in [5, 5.41) is 3.29. The Kier molecular flexibility index (Phi) is 3.40. The van der Waals surface area contributed by atoms with Crippen LogP contribution in [-0.4, -0.2) is 12.3 Å². The minimum absolute atomic E-state index is 0.247. The molecule has 2 rings (SSSR count). The molecule has 0 atom stereocenters. The Morgan fingerprint density at radius 2 is 2.38 bits per heavy atom. The first-order valence-electron chi connectivity index (χ1n) is 5.82. The molecule has 1 aromatic rings. The molecule has 0 aliphatic carbocycles. The normalized spacial score (nSPS) is 13.0. The molecule has 2 heteroatoms. The van der Waals surface area contributed by atoms with E-state index in [1.54, 1.807) is 0 Å². The van der Waals surface area contributed by atoms with Crippen molar-refractivity contribution < 1.29 is 4.79 Å². The fourth-order valence-corrected chi connectivity index (χ4v) is 2.03. The van der Waals surface area contributed by atoms with E-state index in [0.717, 1.165) is 31.4 Å². The number of unbranched alkanes of at least 4 members (excludes halogenated alkanes) is 1. The summed E-state index contributed by atoms with van der Waals surface area (Å²) >= 11 is 0. The van der Waals surface area contributed by atoms with E-state index < -0.39 is 0 Å². The fourth-order valence-electron chi connectivity index (χ4n) is 2.03. The van der Waals surface area contributed by atoms with E-state index in [0.29, 0.717) is 6.42 Å². The lowest BCUT2D eigenvalue weighted by molar-refractivity contribution is 0.0980. The molecule has 1 aromatic carbocycles. The Bertz CT molecular complexity index is 409. The number of allylic oxidation sites excluding steroid dienone is 1. The standard InChI is InChI=1S/C14H17NO/c1-2-3-4-5-14(16)12-6-7-13-11(10-12)8-9-15-13/h2,6-7,10,15H,1,3-5,8-9H2. The quantitative estimate of drug-likeness (QED) is 0.464. The van der Waals surface area contributed by atoms with Crippen molar-refractivity contribution in [2.75, 3.05) is 11.9 Å². The third kappa shape index (κ3) is 2.32. The number of fused-ring (bicyclic) bond motifs is 1. The number of rotatable bonds is 5. The predicted octanol–water partition coefficient (Wildman–Crippen LogP) is 3.19. The van der Waals surface area contributed by atoms with Gasteiger partial charge >= 0.3 is 0 Å². The Labute approximate surface area is 96.4 Å². The predicted molar refractivity (Wildman–Crippen MR) is 67.0 cm³/mol. The van der Waals surface area contributed by atoms with Gasteiger partial charge in [-0.3, -0.25) is 4.79 Å². The monoisotopic (exact) mass is 215 g/mol. The van der Waals surface area contributed by atoms with Crippen LogP contribution in [0.4, 0.5) is 5.69 Å². The summed E-state index contributed by atoms with van der Waals surface area (Å²) in [6, 6.07) is 5.97. The first-order valence-corrected chi connectivity index (χ1v) is 5.82. The topological polar surface area (TPSA) is 29.1 Å². The van der Waals surface area contributed by atoms with Gasteiger partial charge in [0.05, 0.1) is 0 Å². The SMILES string of the molecule is C=CCCCC(=O)c1ccc2c(c1)CCN2. The third-order valence-corrected chi connectivity index (χ3v) is 2.95. The number of hydrogen-bond acceptors (Lipinski definition) is 2. The summed E-state index contributed by atoms with van der Waals surface area (Å²) in [5.41, 5.74) is 3.31. The van der Waals surface area contributed by atoms with Gasteiger partial charge in [0.15, 0.2) is 5.78 Å². The van der Waals surface area contributed by atoms with Crippen LogP contribution in [0.1, 0.15) is 35.2 Å². The summed E-state index contributed by atoms with van der Waals surface area (Å²) in [6.45, 7) is 4.65. The van der Waals surface area contributed by atoms with Crippen molar-refractivity contribution >= 4 is 11.5 Å². The maximum Gasteiger partial charge on any atom is 0.162 e. The lowest BCUT2D eigenvalue weighted by Gasteiger charge is -2.03. The van der Waals surface area contributed by atoms with Gasteiger partial charge in [0.2, 0.25) is 0 Å². The first-order chi connectivity index (χ1) is 7.81. The van der Waals surface area contributed by atoms with Crippen molar-refractivity contribution in [1.82, 2.24) is 0 Å². The van der Waals surface area contributed by atoms with E-state index >= 15 is 0 Å². The van der Waals surface area contributed by atoms with Gasteiger partial charge in [0, 0.05) is 24.2 Å². The van der Waals surface area contributed by atoms with Crippen LogP contribution in [0, 0.1) is 0 Å². The zero-order valence-corrected chi connectivity index (χ0v) is 9.46. The molecule has 16 heavy (non-hydrogen) atoms. The van der Waals surface area contributed by atoms with Gasteiger partial charge < -0.3 is 5.32 Å². The van der Waals surface area contributed by atoms with Gasteiger partial charge in [-0.25, -0.2) is 0 Å². The van der Waals surface area contributed by atoms with E-state index in [1.807, 2.05) is 24.3 Å². The molecule has 0 unspecified atom stereocenters. The number of ketones is 1. The smallest absolute Gasteiger partial charge is 0.162 e. The van der Waals surface area contributed by atoms with Crippen LogP contribution in [0.15, 0.2) is 30.9 Å². The third-order valence-electron chi connectivity index (χ3n) is 2.95. The number of carbonyl (C=O) groups excluding carboxylic acids is 1. The molecule has 1 aliphatic rings. The molecule has 0 bridgehead atoms. The summed E-state index contributed by atoms with van der Waals surface area (Å²) in [4.78, 5) is 11.9. The van der Waals surface area contributed by atoms with Crippen LogP contribution in [0.25, 0.3) is 0 Å². The van der Waals surface area contributed by atoms with Crippen LogP contribution >= 0.6 is 0 Å². The molecular formula is C14H17NO. The molecule has 0 spiro atoms. The minimum Gasteiger partial charge on any atom is -0.384 e. The van der Waals surface area contributed by atoms with Crippen LogP contribution in [0.5, 0.6) is 0 Å². The molecule has 0 radical (unpaired) electrons. The summed E-state index contributed by atoms with van der Waals surface area (Å²) in [7, 11) is 0. The zero-order valence-electron chi connectivity index (χ0n) is 9.46. The molecule has 1 N–H and O–H groups in total. The van der Waals surface area contributed by atoms with Gasteiger partial charge in [-0.1, -0.05) is 6.08 Å². The van der Waals surface area contributed by atoms with Crippen molar-refractivity contribution in [3.8, 4) is 0 Å². The van der Waals surface area contributed by atoms with E-state index in [4.69, 9.17) is 0 Å². The number of anilines is 1. The van der Waals surface area contributed by atoms with Crippen molar-refractivity contribution in [1.29, 1.82) is 0 Å². The second kappa shape index (κ2) is 4.97. The molecular weight excluding hydrogens is 198 g/mol. The van der Waals surface area contributed by atoms with Crippen LogP contribution in [-0.2, 0) is 6.42 Å². The van der Waals surface area contributed by atoms with Crippen molar-refractivity contribution in [2.24, 2.45) is 0 Å². The number of carbonyl (C=O) groups is 1. The maximum absolute atomic E-state index is 11.9. The molecule has 84 valence electrons. The number of benzene rings is 1. The zero-order chi connectivity index (χ0) is 11.4. The lowest BCUT2D eigenvalue weighted by Crippen LogP contribution is -1.99. The minimum atomic E-state index is 0.247. The Morgan fingerprint density at radius 3 is 3.19 bits per heavy atom. The molecule has 0 aromatic heterocycles. The summed E-state index contributed by atoms with van der Waals surface area (Å²) in [5.74, 6) is 0.247. The Hall–Kier alpha value is -1.57. The number of hydrogen-bond donors (Lipinski definition) is 1. The van der Waals surface area contributed by atoms with E-state index in [2.05, 4.69) is 11.9 Å². The maximum atomic E-state index is 11.9. The molecule has 2 nitrogen and oxygen atoms in total. The van der Waals surface area contributed by atoms with Gasteiger partial charge in [0.1, 0.15) is 0 Å². The van der Waals surface area contributed by atoms with Crippen molar-refractivity contribution in [2.45, 2.75) is 25.7 Å². The Balaban J connectivity index is 2.03. The summed E-state index contributed by atoms with van der Waals surface area (Å²) in [6.07, 6.45) is 5.33. The highest BCUT2D eigenvalue weighted by Crippen LogP contribution is 2.23. The molecule has 0 amide bonds. The van der Waals surface area contributed by atoms with Crippen molar-refractivity contribution in [3.05, 3.63) is 42.0 Å². The molecule has 0 saturated heterocycles. The largest absolute Gasteiger partial charge is 0.384 e. The molecule has 0 saturated carbocycles.